The van der Waals surface area contributed by atoms with E-state index in [1.54, 1.807) is 11.0 Å². The van der Waals surface area contributed by atoms with Gasteiger partial charge in [-0.3, -0.25) is 0 Å². The van der Waals surface area contributed by atoms with E-state index in [0.29, 0.717) is 32.1 Å². The smallest absolute Gasteiger partial charge is 0.357 e. The normalized spacial score (nSPS) is 12.1. The lowest BCUT2D eigenvalue weighted by Gasteiger charge is -2.12. The van der Waals surface area contributed by atoms with Crippen LogP contribution in [0.25, 0.3) is 0 Å². The molecule has 0 radical (unpaired) electrons. The van der Waals surface area contributed by atoms with Crippen LogP contribution in [-0.4, -0.2) is 27.3 Å². The fourth-order valence-electron chi connectivity index (χ4n) is 2.84. The van der Waals surface area contributed by atoms with Crippen molar-refractivity contribution in [2.45, 2.75) is 32.7 Å². The first-order chi connectivity index (χ1) is 14.4. The standard InChI is InChI=1S/C21H23F3N6/c1-2-26-20(27-11-16-6-8-19(9-7-16)21(22,23)24)28-12-17-4-3-5-18(10-17)13-30-15-25-14-29-30/h3-10,14-15H,2,11-13H2,1H3,(H2,26,27,28). The molecule has 0 aliphatic carbocycles. The third kappa shape index (κ3) is 6.33. The Kier molecular flexibility index (Phi) is 7.05. The monoisotopic (exact) mass is 416 g/mol. The minimum absolute atomic E-state index is 0.371. The molecule has 0 fully saturated rings. The second-order valence-corrected chi connectivity index (χ2v) is 6.66. The molecule has 0 bridgehead atoms. The van der Waals surface area contributed by atoms with Crippen molar-refractivity contribution >= 4 is 5.96 Å². The summed E-state index contributed by atoms with van der Waals surface area (Å²) >= 11 is 0. The summed E-state index contributed by atoms with van der Waals surface area (Å²) in [5.41, 5.74) is 2.22. The molecule has 158 valence electrons. The highest BCUT2D eigenvalue weighted by atomic mass is 19.4. The summed E-state index contributed by atoms with van der Waals surface area (Å²) in [6.07, 6.45) is -1.16. The van der Waals surface area contributed by atoms with Gasteiger partial charge >= 0.3 is 6.18 Å². The highest BCUT2D eigenvalue weighted by Gasteiger charge is 2.29. The van der Waals surface area contributed by atoms with Gasteiger partial charge in [-0.2, -0.15) is 18.3 Å². The van der Waals surface area contributed by atoms with Gasteiger partial charge in [0.15, 0.2) is 5.96 Å². The van der Waals surface area contributed by atoms with Crippen LogP contribution < -0.4 is 10.6 Å². The van der Waals surface area contributed by atoms with Gasteiger partial charge in [-0.25, -0.2) is 14.7 Å². The Bertz CT molecular complexity index is 950. The summed E-state index contributed by atoms with van der Waals surface area (Å²) in [7, 11) is 0. The van der Waals surface area contributed by atoms with E-state index in [4.69, 9.17) is 0 Å². The quantitative estimate of drug-likeness (QED) is 0.456. The second-order valence-electron chi connectivity index (χ2n) is 6.66. The maximum absolute atomic E-state index is 12.7. The Hall–Kier alpha value is -3.36. The summed E-state index contributed by atoms with van der Waals surface area (Å²) in [5.74, 6) is 0.596. The van der Waals surface area contributed by atoms with E-state index in [0.717, 1.165) is 28.8 Å². The van der Waals surface area contributed by atoms with Gasteiger partial charge in [0.2, 0.25) is 0 Å². The fourth-order valence-corrected chi connectivity index (χ4v) is 2.84. The van der Waals surface area contributed by atoms with E-state index < -0.39 is 11.7 Å². The number of aliphatic imine (C=N–C) groups is 1. The zero-order chi connectivity index (χ0) is 21.4. The largest absolute Gasteiger partial charge is 0.416 e. The molecule has 0 spiro atoms. The van der Waals surface area contributed by atoms with Crippen LogP contribution in [0.1, 0.15) is 29.2 Å². The van der Waals surface area contributed by atoms with Crippen molar-refractivity contribution in [3.8, 4) is 0 Å². The number of hydrogen-bond donors (Lipinski definition) is 2. The first kappa shape index (κ1) is 21.4. The first-order valence-corrected chi connectivity index (χ1v) is 9.52. The third-order valence-electron chi connectivity index (χ3n) is 4.31. The molecule has 3 aromatic rings. The number of hydrogen-bond acceptors (Lipinski definition) is 3. The first-order valence-electron chi connectivity index (χ1n) is 9.52. The van der Waals surface area contributed by atoms with Gasteiger partial charge in [0.25, 0.3) is 0 Å². The highest BCUT2D eigenvalue weighted by Crippen LogP contribution is 2.29. The van der Waals surface area contributed by atoms with Crippen molar-refractivity contribution in [3.63, 3.8) is 0 Å². The van der Waals surface area contributed by atoms with E-state index in [9.17, 15) is 13.2 Å². The van der Waals surface area contributed by atoms with Crippen molar-refractivity contribution in [2.75, 3.05) is 6.54 Å². The number of halogens is 3. The van der Waals surface area contributed by atoms with Gasteiger partial charge in [-0.15, -0.1) is 0 Å². The van der Waals surface area contributed by atoms with Crippen LogP contribution in [0, 0.1) is 0 Å². The molecule has 0 saturated heterocycles. The molecule has 0 saturated carbocycles. The van der Waals surface area contributed by atoms with Gasteiger partial charge < -0.3 is 10.6 Å². The molecular formula is C21H23F3N6. The predicted octanol–water partition coefficient (Wildman–Crippen LogP) is 3.60. The second kappa shape index (κ2) is 9.91. The number of aromatic nitrogens is 3. The molecular weight excluding hydrogens is 393 g/mol. The SMILES string of the molecule is CCNC(=NCc1cccc(Cn2cncn2)c1)NCc1ccc(C(F)(F)F)cc1. The maximum Gasteiger partial charge on any atom is 0.416 e. The van der Waals surface area contributed by atoms with Crippen molar-refractivity contribution in [1.29, 1.82) is 0 Å². The molecule has 30 heavy (non-hydrogen) atoms. The van der Waals surface area contributed by atoms with Crippen LogP contribution in [-0.2, 0) is 25.8 Å². The van der Waals surface area contributed by atoms with Gasteiger partial charge in [0.1, 0.15) is 12.7 Å². The van der Waals surface area contributed by atoms with Gasteiger partial charge in [0.05, 0.1) is 18.7 Å². The van der Waals surface area contributed by atoms with Crippen LogP contribution in [0.15, 0.2) is 66.2 Å². The number of nitrogens with zero attached hydrogens (tertiary/aromatic N) is 4. The minimum atomic E-state index is -4.33. The number of guanidine groups is 1. The molecule has 0 atom stereocenters. The highest BCUT2D eigenvalue weighted by molar-refractivity contribution is 5.79. The molecule has 9 heteroatoms. The predicted molar refractivity (Wildman–Crippen MR) is 109 cm³/mol. The summed E-state index contributed by atoms with van der Waals surface area (Å²) < 4.78 is 39.8. The third-order valence-corrected chi connectivity index (χ3v) is 4.31. The van der Waals surface area contributed by atoms with Crippen LogP contribution in [0.2, 0.25) is 0 Å². The Balaban J connectivity index is 1.60. The van der Waals surface area contributed by atoms with E-state index in [2.05, 4.69) is 31.8 Å². The van der Waals surface area contributed by atoms with Crippen molar-refractivity contribution < 1.29 is 13.2 Å². The molecule has 3 rings (SSSR count). The summed E-state index contributed by atoms with van der Waals surface area (Å²) in [6, 6.07) is 13.1. The van der Waals surface area contributed by atoms with Crippen LogP contribution >= 0.6 is 0 Å². The summed E-state index contributed by atoms with van der Waals surface area (Å²) in [5, 5.41) is 10.4. The Morgan fingerprint density at radius 1 is 1.03 bits per heavy atom. The summed E-state index contributed by atoms with van der Waals surface area (Å²) in [6.45, 7) is 4.09. The molecule has 2 aromatic carbocycles. The Labute approximate surface area is 172 Å². The number of nitrogens with one attached hydrogen (secondary N) is 2. The van der Waals surface area contributed by atoms with Gasteiger partial charge in [0, 0.05) is 13.1 Å². The Morgan fingerprint density at radius 3 is 2.47 bits per heavy atom. The van der Waals surface area contributed by atoms with Crippen LogP contribution in [0.4, 0.5) is 13.2 Å². The van der Waals surface area contributed by atoms with Crippen molar-refractivity contribution in [3.05, 3.63) is 83.4 Å². The van der Waals surface area contributed by atoms with E-state index in [1.165, 1.54) is 18.5 Å². The molecule has 1 aromatic heterocycles. The lowest BCUT2D eigenvalue weighted by atomic mass is 10.1. The number of alkyl halides is 3. The lowest BCUT2D eigenvalue weighted by Crippen LogP contribution is -2.36. The maximum atomic E-state index is 12.7. The average molecular weight is 416 g/mol. The molecule has 0 amide bonds. The van der Waals surface area contributed by atoms with Crippen LogP contribution in [0.3, 0.4) is 0 Å². The average Bonchev–Trinajstić information content (AvgIpc) is 3.23. The molecule has 6 nitrogen and oxygen atoms in total. The zero-order valence-electron chi connectivity index (χ0n) is 16.5. The number of rotatable bonds is 7. The van der Waals surface area contributed by atoms with Crippen molar-refractivity contribution in [1.82, 2.24) is 25.4 Å². The Morgan fingerprint density at radius 2 is 1.80 bits per heavy atom. The van der Waals surface area contributed by atoms with E-state index in [-0.39, 0.29) is 0 Å². The molecule has 0 aliphatic heterocycles. The fraction of sp³-hybridized carbons (Fsp3) is 0.286. The van der Waals surface area contributed by atoms with Crippen molar-refractivity contribution in [2.24, 2.45) is 4.99 Å². The molecule has 0 unspecified atom stereocenters. The van der Waals surface area contributed by atoms with Gasteiger partial charge in [-0.05, 0) is 35.7 Å². The van der Waals surface area contributed by atoms with E-state index >= 15 is 0 Å². The molecule has 0 aliphatic rings. The molecule has 2 N–H and O–H groups in total. The lowest BCUT2D eigenvalue weighted by molar-refractivity contribution is -0.137. The minimum Gasteiger partial charge on any atom is -0.357 e. The summed E-state index contributed by atoms with van der Waals surface area (Å²) in [4.78, 5) is 8.51. The van der Waals surface area contributed by atoms with E-state index in [1.807, 2.05) is 25.1 Å². The zero-order valence-corrected chi connectivity index (χ0v) is 16.5. The molecule has 1 heterocycles. The topological polar surface area (TPSA) is 67.1 Å². The number of benzene rings is 2. The van der Waals surface area contributed by atoms with Crippen LogP contribution in [0.5, 0.6) is 0 Å². The van der Waals surface area contributed by atoms with Gasteiger partial charge in [-0.1, -0.05) is 36.4 Å².